The molecule has 0 N–H and O–H groups in total. The molecule has 2 aromatic carbocycles. The normalized spacial score (nSPS) is 11.2. The van der Waals surface area contributed by atoms with Crippen LogP contribution >= 0.6 is 11.8 Å². The molecule has 4 aromatic rings. The van der Waals surface area contributed by atoms with Crippen molar-refractivity contribution in [2.45, 2.75) is 25.5 Å². The van der Waals surface area contributed by atoms with Gasteiger partial charge in [0.05, 0.1) is 18.4 Å². The number of thioether (sulfide) groups is 1. The van der Waals surface area contributed by atoms with Gasteiger partial charge in [-0.05, 0) is 48.7 Å². The summed E-state index contributed by atoms with van der Waals surface area (Å²) in [6.45, 7) is 4.71. The number of ether oxygens (including phenoxy) is 1. The first-order valence-electron chi connectivity index (χ1n) is 9.71. The maximum atomic E-state index is 12.7. The van der Waals surface area contributed by atoms with E-state index in [2.05, 4.69) is 36.2 Å². The Balaban J connectivity index is 1.57. The van der Waals surface area contributed by atoms with E-state index in [1.807, 2.05) is 47.8 Å². The minimum absolute atomic E-state index is 0.0500. The summed E-state index contributed by atoms with van der Waals surface area (Å²) in [7, 11) is 3.49. The Kier molecular flexibility index (Phi) is 5.63. The van der Waals surface area contributed by atoms with Crippen molar-refractivity contribution in [2.75, 3.05) is 19.9 Å². The second-order valence-corrected chi connectivity index (χ2v) is 8.29. The molecule has 2 heterocycles. The van der Waals surface area contributed by atoms with Gasteiger partial charge in [0.1, 0.15) is 5.75 Å². The number of aryl methyl sites for hydroxylation is 2. The second kappa shape index (κ2) is 8.36. The molecule has 0 aliphatic heterocycles. The summed E-state index contributed by atoms with van der Waals surface area (Å²) in [4.78, 5) is 14.5. The van der Waals surface area contributed by atoms with Gasteiger partial charge < -0.3 is 9.64 Å². The van der Waals surface area contributed by atoms with E-state index in [4.69, 9.17) is 4.74 Å². The zero-order valence-electron chi connectivity index (χ0n) is 17.5. The molecule has 0 bridgehead atoms. The third-order valence-electron chi connectivity index (χ3n) is 5.29. The van der Waals surface area contributed by atoms with Gasteiger partial charge in [-0.3, -0.25) is 9.20 Å². The molecule has 0 spiro atoms. The quantitative estimate of drug-likeness (QED) is 0.436. The molecule has 2 aromatic heterocycles. The number of carbonyl (C=O) groups excluding carboxylic acids is 1. The molecule has 0 saturated carbocycles. The predicted molar refractivity (Wildman–Crippen MR) is 120 cm³/mol. The molecule has 30 heavy (non-hydrogen) atoms. The van der Waals surface area contributed by atoms with Crippen molar-refractivity contribution < 1.29 is 9.53 Å². The van der Waals surface area contributed by atoms with Gasteiger partial charge in [-0.15, -0.1) is 10.2 Å². The Hall–Kier alpha value is -3.06. The van der Waals surface area contributed by atoms with Crippen molar-refractivity contribution in [2.24, 2.45) is 0 Å². The van der Waals surface area contributed by atoms with Crippen molar-refractivity contribution in [1.29, 1.82) is 0 Å². The smallest absolute Gasteiger partial charge is 0.233 e. The number of pyridine rings is 1. The number of methoxy groups -OCH3 is 1. The average molecular weight is 421 g/mol. The molecule has 0 aliphatic carbocycles. The fraction of sp³-hybridized carbons (Fsp3) is 0.261. The number of aromatic nitrogens is 3. The van der Waals surface area contributed by atoms with E-state index >= 15 is 0 Å². The maximum absolute atomic E-state index is 12.7. The Morgan fingerprint density at radius 2 is 1.90 bits per heavy atom. The van der Waals surface area contributed by atoms with Gasteiger partial charge in [0.2, 0.25) is 5.91 Å². The van der Waals surface area contributed by atoms with Gasteiger partial charge in [-0.25, -0.2) is 0 Å². The predicted octanol–water partition coefficient (Wildman–Crippen LogP) is 4.26. The summed E-state index contributed by atoms with van der Waals surface area (Å²) in [5.41, 5.74) is 5.19. The lowest BCUT2D eigenvalue weighted by Crippen LogP contribution is -2.28. The molecule has 0 unspecified atom stereocenters. The lowest BCUT2D eigenvalue weighted by Gasteiger charge is -2.18. The number of amides is 1. The summed E-state index contributed by atoms with van der Waals surface area (Å²) < 4.78 is 7.39. The number of nitrogens with zero attached hydrogens (tertiary/aromatic N) is 4. The van der Waals surface area contributed by atoms with Gasteiger partial charge in [-0.1, -0.05) is 36.0 Å². The minimum atomic E-state index is 0.0500. The summed E-state index contributed by atoms with van der Waals surface area (Å²) in [5.74, 6) is 1.12. The van der Waals surface area contributed by atoms with Crippen LogP contribution in [0.5, 0.6) is 5.75 Å². The first kappa shape index (κ1) is 20.2. The van der Waals surface area contributed by atoms with Crippen LogP contribution in [0.3, 0.4) is 0 Å². The lowest BCUT2D eigenvalue weighted by atomic mass is 10.1. The van der Waals surface area contributed by atoms with Gasteiger partial charge in [-0.2, -0.15) is 0 Å². The van der Waals surface area contributed by atoms with E-state index in [1.165, 1.54) is 17.3 Å². The molecular formula is C23H24N4O2S. The first-order valence-corrected chi connectivity index (χ1v) is 10.7. The highest BCUT2D eigenvalue weighted by Crippen LogP contribution is 2.28. The highest BCUT2D eigenvalue weighted by molar-refractivity contribution is 7.99. The van der Waals surface area contributed by atoms with Crippen molar-refractivity contribution in [3.05, 3.63) is 65.2 Å². The lowest BCUT2D eigenvalue weighted by molar-refractivity contribution is -0.127. The monoisotopic (exact) mass is 420 g/mol. The molecule has 1 amide bonds. The van der Waals surface area contributed by atoms with Crippen LogP contribution in [0.4, 0.5) is 0 Å². The van der Waals surface area contributed by atoms with E-state index in [1.54, 1.807) is 12.0 Å². The Morgan fingerprint density at radius 1 is 1.10 bits per heavy atom. The van der Waals surface area contributed by atoms with Gasteiger partial charge >= 0.3 is 0 Å². The van der Waals surface area contributed by atoms with E-state index in [0.29, 0.717) is 17.5 Å². The molecule has 0 saturated heterocycles. The highest BCUT2D eigenvalue weighted by atomic mass is 32.2. The van der Waals surface area contributed by atoms with E-state index < -0.39 is 0 Å². The van der Waals surface area contributed by atoms with Crippen LogP contribution in [-0.4, -0.2) is 45.3 Å². The number of fused-ring (bicyclic) bond motifs is 3. The fourth-order valence-electron chi connectivity index (χ4n) is 3.49. The topological polar surface area (TPSA) is 59.7 Å². The first-order chi connectivity index (χ1) is 14.5. The highest BCUT2D eigenvalue weighted by Gasteiger charge is 2.16. The summed E-state index contributed by atoms with van der Waals surface area (Å²) >= 11 is 1.40. The summed E-state index contributed by atoms with van der Waals surface area (Å²) in [6.07, 6.45) is 0. The molecular weight excluding hydrogens is 396 g/mol. The molecule has 0 fully saturated rings. The molecule has 0 radical (unpaired) electrons. The molecule has 7 heteroatoms. The van der Waals surface area contributed by atoms with Crippen LogP contribution in [0.1, 0.15) is 16.7 Å². The van der Waals surface area contributed by atoms with E-state index in [9.17, 15) is 4.79 Å². The largest absolute Gasteiger partial charge is 0.497 e. The van der Waals surface area contributed by atoms with Crippen LogP contribution in [0.2, 0.25) is 0 Å². The zero-order chi connectivity index (χ0) is 21.3. The Labute approximate surface area is 179 Å². The van der Waals surface area contributed by atoms with Crippen LogP contribution in [0.15, 0.2) is 53.7 Å². The molecule has 0 atom stereocenters. The van der Waals surface area contributed by atoms with Crippen molar-refractivity contribution >= 4 is 34.2 Å². The fourth-order valence-corrected chi connectivity index (χ4v) is 4.38. The van der Waals surface area contributed by atoms with Crippen LogP contribution in [0, 0.1) is 13.8 Å². The Bertz CT molecular complexity index is 1230. The number of benzene rings is 2. The number of rotatable bonds is 6. The summed E-state index contributed by atoms with van der Waals surface area (Å²) in [6, 6.07) is 16.1. The van der Waals surface area contributed by atoms with Gasteiger partial charge in [0.25, 0.3) is 0 Å². The minimum Gasteiger partial charge on any atom is -0.497 e. The third kappa shape index (κ3) is 3.85. The molecule has 154 valence electrons. The van der Waals surface area contributed by atoms with Crippen LogP contribution < -0.4 is 4.74 Å². The van der Waals surface area contributed by atoms with E-state index in [-0.39, 0.29) is 5.91 Å². The third-order valence-corrected chi connectivity index (χ3v) is 6.21. The second-order valence-electron chi connectivity index (χ2n) is 7.35. The van der Waals surface area contributed by atoms with Crippen molar-refractivity contribution in [3.8, 4) is 5.75 Å². The number of carbonyl (C=O) groups is 1. The van der Waals surface area contributed by atoms with Crippen molar-refractivity contribution in [3.63, 3.8) is 0 Å². The van der Waals surface area contributed by atoms with Crippen LogP contribution in [-0.2, 0) is 11.3 Å². The Morgan fingerprint density at radius 3 is 2.67 bits per heavy atom. The molecule has 0 aliphatic rings. The average Bonchev–Trinajstić information content (AvgIpc) is 3.16. The molecule has 6 nitrogen and oxygen atoms in total. The SMILES string of the molecule is COc1ccc2c(C)cc3nnc(SCC(=O)N(C)Cc4ccccc4C)n3c2c1. The standard InChI is InChI=1S/C23H24N4O2S/c1-15-7-5-6-8-17(15)13-26(3)22(28)14-30-23-25-24-21-11-16(2)19-10-9-18(29-4)12-20(19)27(21)23/h5-12H,13-14H2,1-4H3. The van der Waals surface area contributed by atoms with Crippen LogP contribution in [0.25, 0.3) is 16.6 Å². The number of hydrogen-bond acceptors (Lipinski definition) is 5. The van der Waals surface area contributed by atoms with Gasteiger partial charge in [0.15, 0.2) is 10.8 Å². The molecule has 4 rings (SSSR count). The van der Waals surface area contributed by atoms with E-state index in [0.717, 1.165) is 33.4 Å². The summed E-state index contributed by atoms with van der Waals surface area (Å²) in [5, 5.41) is 10.4. The zero-order valence-corrected chi connectivity index (χ0v) is 18.4. The number of hydrogen-bond donors (Lipinski definition) is 0. The van der Waals surface area contributed by atoms with Gasteiger partial charge in [0, 0.05) is 25.0 Å². The van der Waals surface area contributed by atoms with Crippen molar-refractivity contribution in [1.82, 2.24) is 19.5 Å². The maximum Gasteiger partial charge on any atom is 0.233 e.